The van der Waals surface area contributed by atoms with Crippen molar-refractivity contribution in [2.45, 2.75) is 0 Å². The highest BCUT2D eigenvalue weighted by molar-refractivity contribution is 5.75. The van der Waals surface area contributed by atoms with Crippen LogP contribution in [0.15, 0.2) is 0 Å². The number of carboxylic acid groups (broad SMARTS) is 3. The van der Waals surface area contributed by atoms with Crippen LogP contribution in [-0.4, -0.2) is 70.9 Å². The molecular weight excluding hydrogens is 234 g/mol. The molecule has 0 unspecified atom stereocenters. The summed E-state index contributed by atoms with van der Waals surface area (Å²) in [7, 11) is 0. The van der Waals surface area contributed by atoms with Gasteiger partial charge in [-0.2, -0.15) is 0 Å². The number of hydrogen-bond acceptors (Lipinski definition) is 6. The molecule has 0 spiro atoms. The van der Waals surface area contributed by atoms with E-state index in [2.05, 4.69) is 0 Å². The van der Waals surface area contributed by atoms with Crippen molar-refractivity contribution >= 4 is 17.9 Å². The van der Waals surface area contributed by atoms with Gasteiger partial charge in [-0.15, -0.1) is 0 Å². The van der Waals surface area contributed by atoms with Crippen molar-refractivity contribution in [2.75, 3.05) is 32.7 Å². The van der Waals surface area contributed by atoms with Crippen molar-refractivity contribution < 1.29 is 29.7 Å². The third-order valence-corrected chi connectivity index (χ3v) is 1.24. The van der Waals surface area contributed by atoms with Crippen molar-refractivity contribution in [1.82, 2.24) is 4.90 Å². The van der Waals surface area contributed by atoms with Gasteiger partial charge in [-0.1, -0.05) is 0 Å². The van der Waals surface area contributed by atoms with Gasteiger partial charge in [0.15, 0.2) is 0 Å². The van der Waals surface area contributed by atoms with Gasteiger partial charge in [-0.05, 0) is 0 Å². The number of hydrogen-bond donors (Lipinski definition) is 5. The molecule has 100 valence electrons. The molecule has 0 aliphatic carbocycles. The zero-order valence-electron chi connectivity index (χ0n) is 9.20. The second-order valence-corrected chi connectivity index (χ2v) is 2.90. The van der Waals surface area contributed by atoms with Crippen molar-refractivity contribution in [2.24, 2.45) is 11.5 Å². The number of carbonyl (C=O) groups is 3. The van der Waals surface area contributed by atoms with E-state index in [0.29, 0.717) is 13.1 Å². The smallest absolute Gasteiger partial charge is 0.317 e. The van der Waals surface area contributed by atoms with Gasteiger partial charge in [0.1, 0.15) is 0 Å². The van der Waals surface area contributed by atoms with Gasteiger partial charge in [-0.25, -0.2) is 0 Å². The summed E-state index contributed by atoms with van der Waals surface area (Å²) in [5.41, 5.74) is 9.81. The maximum atomic E-state index is 10.1. The highest BCUT2D eigenvalue weighted by Gasteiger charge is 2.15. The Morgan fingerprint density at radius 3 is 1.12 bits per heavy atom. The summed E-state index contributed by atoms with van der Waals surface area (Å²) in [5.74, 6) is -3.78. The first-order chi connectivity index (χ1) is 7.83. The van der Waals surface area contributed by atoms with E-state index in [1.807, 2.05) is 0 Å². The van der Waals surface area contributed by atoms with Crippen molar-refractivity contribution in [1.29, 1.82) is 0 Å². The molecular formula is C8H17N3O6. The highest BCUT2D eigenvalue weighted by Crippen LogP contribution is 1.87. The molecule has 0 aromatic rings. The second kappa shape index (κ2) is 10.8. The Balaban J connectivity index is 0. The van der Waals surface area contributed by atoms with Crippen molar-refractivity contribution in [3.05, 3.63) is 0 Å². The molecule has 0 aromatic carbocycles. The maximum absolute atomic E-state index is 10.1. The lowest BCUT2D eigenvalue weighted by Crippen LogP contribution is -2.38. The van der Waals surface area contributed by atoms with Crippen LogP contribution in [0.25, 0.3) is 0 Å². The molecule has 0 saturated carbocycles. The third kappa shape index (κ3) is 16.9. The SMILES string of the molecule is NCCN.O=C(O)CN(CC(=O)O)CC(=O)O. The molecule has 9 nitrogen and oxygen atoms in total. The van der Waals surface area contributed by atoms with Gasteiger partial charge in [-0.3, -0.25) is 19.3 Å². The summed E-state index contributed by atoms with van der Waals surface area (Å²) in [6, 6.07) is 0. The van der Waals surface area contributed by atoms with Gasteiger partial charge < -0.3 is 26.8 Å². The van der Waals surface area contributed by atoms with Gasteiger partial charge in [0, 0.05) is 13.1 Å². The molecule has 0 saturated heterocycles. The highest BCUT2D eigenvalue weighted by atomic mass is 16.4. The standard InChI is InChI=1S/C6H9NO6.C2H8N2/c8-4(9)1-7(2-5(10)11)3-6(12)13;3-1-2-4/h1-3H2,(H,8,9)(H,10,11)(H,12,13);1-4H2. The second-order valence-electron chi connectivity index (χ2n) is 2.90. The molecule has 0 amide bonds. The summed E-state index contributed by atoms with van der Waals surface area (Å²) in [5, 5.41) is 24.8. The summed E-state index contributed by atoms with van der Waals surface area (Å²) in [6.07, 6.45) is 0. The van der Waals surface area contributed by atoms with Gasteiger partial charge in [0.05, 0.1) is 19.6 Å². The molecule has 7 N–H and O–H groups in total. The lowest BCUT2D eigenvalue weighted by molar-refractivity contribution is -0.144. The van der Waals surface area contributed by atoms with Crippen LogP contribution in [0.5, 0.6) is 0 Å². The van der Waals surface area contributed by atoms with E-state index in [1.54, 1.807) is 0 Å². The topological polar surface area (TPSA) is 167 Å². The van der Waals surface area contributed by atoms with Gasteiger partial charge in [0.25, 0.3) is 0 Å². The van der Waals surface area contributed by atoms with Crippen LogP contribution in [0.2, 0.25) is 0 Å². The Hall–Kier alpha value is -1.71. The minimum Gasteiger partial charge on any atom is -0.480 e. The fraction of sp³-hybridized carbons (Fsp3) is 0.625. The van der Waals surface area contributed by atoms with Crippen LogP contribution in [0.1, 0.15) is 0 Å². The van der Waals surface area contributed by atoms with Gasteiger partial charge >= 0.3 is 17.9 Å². The third-order valence-electron chi connectivity index (χ3n) is 1.24. The maximum Gasteiger partial charge on any atom is 0.317 e. The van der Waals surface area contributed by atoms with E-state index < -0.39 is 37.5 Å². The molecule has 0 aromatic heterocycles. The first kappa shape index (κ1) is 17.7. The number of nitrogens with two attached hydrogens (primary N) is 2. The molecule has 0 heterocycles. The minimum atomic E-state index is -1.26. The average Bonchev–Trinajstić information content (AvgIpc) is 2.14. The number of aliphatic carboxylic acids is 3. The summed E-state index contributed by atoms with van der Waals surface area (Å²) in [4.78, 5) is 31.2. The first-order valence-electron chi connectivity index (χ1n) is 4.61. The van der Waals surface area contributed by atoms with E-state index in [-0.39, 0.29) is 0 Å². The lowest BCUT2D eigenvalue weighted by atomic mass is 10.4. The Kier molecular flexibility index (Phi) is 11.2. The zero-order chi connectivity index (χ0) is 13.8. The molecule has 17 heavy (non-hydrogen) atoms. The van der Waals surface area contributed by atoms with Crippen LogP contribution in [0.3, 0.4) is 0 Å². The van der Waals surface area contributed by atoms with Crippen LogP contribution in [0, 0.1) is 0 Å². The molecule has 0 aliphatic rings. The molecule has 0 radical (unpaired) electrons. The quantitative estimate of drug-likeness (QED) is 0.327. The Bertz CT molecular complexity index is 218. The van der Waals surface area contributed by atoms with E-state index in [4.69, 9.17) is 26.8 Å². The van der Waals surface area contributed by atoms with E-state index in [9.17, 15) is 14.4 Å². The van der Waals surface area contributed by atoms with Crippen LogP contribution in [0.4, 0.5) is 0 Å². The lowest BCUT2D eigenvalue weighted by Gasteiger charge is -2.14. The molecule has 0 fully saturated rings. The Morgan fingerprint density at radius 1 is 0.765 bits per heavy atom. The van der Waals surface area contributed by atoms with Crippen molar-refractivity contribution in [3.8, 4) is 0 Å². The minimum absolute atomic E-state index is 0.597. The monoisotopic (exact) mass is 251 g/mol. The Morgan fingerprint density at radius 2 is 1.00 bits per heavy atom. The number of carboxylic acids is 3. The van der Waals surface area contributed by atoms with Gasteiger partial charge in [0.2, 0.25) is 0 Å². The van der Waals surface area contributed by atoms with Crippen LogP contribution >= 0.6 is 0 Å². The molecule has 9 heteroatoms. The molecule has 0 bridgehead atoms. The van der Waals surface area contributed by atoms with E-state index in [0.717, 1.165) is 4.90 Å². The summed E-state index contributed by atoms with van der Waals surface area (Å²) < 4.78 is 0. The normalized spacial score (nSPS) is 9.35. The van der Waals surface area contributed by atoms with Crippen LogP contribution in [-0.2, 0) is 14.4 Å². The van der Waals surface area contributed by atoms with Crippen LogP contribution < -0.4 is 11.5 Å². The fourth-order valence-corrected chi connectivity index (χ4v) is 0.742. The van der Waals surface area contributed by atoms with Crippen molar-refractivity contribution in [3.63, 3.8) is 0 Å². The Labute approximate surface area is 97.6 Å². The molecule has 0 atom stereocenters. The predicted molar refractivity (Wildman–Crippen MR) is 57.5 cm³/mol. The predicted octanol–water partition coefficient (Wildman–Crippen LogP) is -2.55. The summed E-state index contributed by atoms with van der Waals surface area (Å²) in [6.45, 7) is -0.601. The first-order valence-corrected chi connectivity index (χ1v) is 4.61. The number of nitrogens with zero attached hydrogens (tertiary/aromatic N) is 1. The van der Waals surface area contributed by atoms with E-state index >= 15 is 0 Å². The zero-order valence-corrected chi connectivity index (χ0v) is 9.20. The fourth-order valence-electron chi connectivity index (χ4n) is 0.742. The molecule has 0 aliphatic heterocycles. The number of rotatable bonds is 7. The van der Waals surface area contributed by atoms with E-state index in [1.165, 1.54) is 0 Å². The average molecular weight is 251 g/mol. The summed E-state index contributed by atoms with van der Waals surface area (Å²) >= 11 is 0. The molecule has 0 rings (SSSR count). The largest absolute Gasteiger partial charge is 0.480 e.